The molecule has 1 aliphatic heterocycles. The van der Waals surface area contributed by atoms with E-state index in [1.807, 2.05) is 11.8 Å². The number of primary sulfonamides is 1. The molecule has 0 spiro atoms. The van der Waals surface area contributed by atoms with Crippen molar-refractivity contribution in [1.29, 1.82) is 0 Å². The van der Waals surface area contributed by atoms with Gasteiger partial charge in [-0.25, -0.2) is 13.6 Å². The molecule has 4 nitrogen and oxygen atoms in total. The monoisotopic (exact) mass is 266 g/mol. The lowest BCUT2D eigenvalue weighted by molar-refractivity contribution is 0.247. The van der Waals surface area contributed by atoms with Gasteiger partial charge in [-0.1, -0.05) is 13.8 Å². The number of sulfonamides is 1. The van der Waals surface area contributed by atoms with Crippen LogP contribution in [-0.4, -0.2) is 38.3 Å². The lowest BCUT2D eigenvalue weighted by Crippen LogP contribution is -2.47. The zero-order valence-electron chi connectivity index (χ0n) is 10.0. The van der Waals surface area contributed by atoms with Crippen molar-refractivity contribution >= 4 is 21.8 Å². The summed E-state index contributed by atoms with van der Waals surface area (Å²) >= 11 is 1.96. The smallest absolute Gasteiger partial charge is 0.209 e. The summed E-state index contributed by atoms with van der Waals surface area (Å²) in [4.78, 5) is 0. The molecule has 1 unspecified atom stereocenters. The zero-order chi connectivity index (χ0) is 12.2. The summed E-state index contributed by atoms with van der Waals surface area (Å²) in [5.41, 5.74) is 0.312. The second kappa shape index (κ2) is 5.71. The van der Waals surface area contributed by atoms with Crippen molar-refractivity contribution in [2.45, 2.75) is 32.7 Å². The fourth-order valence-corrected chi connectivity index (χ4v) is 4.01. The Morgan fingerprint density at radius 1 is 1.50 bits per heavy atom. The second-order valence-corrected chi connectivity index (χ2v) is 7.92. The summed E-state index contributed by atoms with van der Waals surface area (Å²) in [5, 5.41) is 8.39. The van der Waals surface area contributed by atoms with Gasteiger partial charge in [0, 0.05) is 11.8 Å². The Morgan fingerprint density at radius 3 is 2.75 bits per heavy atom. The van der Waals surface area contributed by atoms with Crippen LogP contribution in [0.3, 0.4) is 0 Å². The van der Waals surface area contributed by atoms with Gasteiger partial charge in [0.2, 0.25) is 10.0 Å². The van der Waals surface area contributed by atoms with Gasteiger partial charge in [-0.05, 0) is 30.6 Å². The van der Waals surface area contributed by atoms with E-state index in [0.717, 1.165) is 12.3 Å². The Hall–Kier alpha value is 0.220. The number of hydrogen-bond donors (Lipinski definition) is 2. The van der Waals surface area contributed by atoms with Crippen LogP contribution in [0.2, 0.25) is 0 Å². The standard InChI is InChI=1S/C10H22N2O2S2/c1-10(2)4-6-15-8-9(10)12-5-3-7-16(11,13)14/h9,12H,3-8H2,1-2H3,(H2,11,13,14). The zero-order valence-corrected chi connectivity index (χ0v) is 11.7. The minimum atomic E-state index is -3.30. The van der Waals surface area contributed by atoms with E-state index in [0.29, 0.717) is 17.9 Å². The average Bonchev–Trinajstić information content (AvgIpc) is 2.12. The molecule has 1 saturated heterocycles. The molecule has 0 amide bonds. The fraction of sp³-hybridized carbons (Fsp3) is 1.00. The van der Waals surface area contributed by atoms with Gasteiger partial charge < -0.3 is 5.32 Å². The molecule has 1 fully saturated rings. The van der Waals surface area contributed by atoms with E-state index in [-0.39, 0.29) is 5.75 Å². The molecule has 0 aromatic rings. The first kappa shape index (κ1) is 14.3. The predicted molar refractivity (Wildman–Crippen MR) is 70.1 cm³/mol. The molecular formula is C10H22N2O2S2. The van der Waals surface area contributed by atoms with Gasteiger partial charge >= 0.3 is 0 Å². The predicted octanol–water partition coefficient (Wildman–Crippen LogP) is 0.786. The van der Waals surface area contributed by atoms with E-state index in [4.69, 9.17) is 5.14 Å². The highest BCUT2D eigenvalue weighted by Gasteiger charge is 2.31. The van der Waals surface area contributed by atoms with Crippen molar-refractivity contribution in [2.75, 3.05) is 23.8 Å². The molecule has 0 aromatic carbocycles. The molecule has 6 heteroatoms. The van der Waals surface area contributed by atoms with Crippen LogP contribution >= 0.6 is 11.8 Å². The van der Waals surface area contributed by atoms with Crippen molar-refractivity contribution < 1.29 is 8.42 Å². The van der Waals surface area contributed by atoms with E-state index in [1.54, 1.807) is 0 Å². The summed E-state index contributed by atoms with van der Waals surface area (Å²) in [6, 6.07) is 0.478. The fourth-order valence-electron chi connectivity index (χ4n) is 1.82. The first-order valence-electron chi connectivity index (χ1n) is 5.63. The molecule has 1 atom stereocenters. The van der Waals surface area contributed by atoms with Crippen LogP contribution in [0.15, 0.2) is 0 Å². The minimum Gasteiger partial charge on any atom is -0.313 e. The van der Waals surface area contributed by atoms with E-state index in [2.05, 4.69) is 19.2 Å². The number of rotatable bonds is 5. The molecule has 3 N–H and O–H groups in total. The van der Waals surface area contributed by atoms with Gasteiger partial charge in [0.15, 0.2) is 0 Å². The molecule has 0 aromatic heterocycles. The molecule has 0 saturated carbocycles. The quantitative estimate of drug-likeness (QED) is 0.722. The molecule has 0 radical (unpaired) electrons. The highest BCUT2D eigenvalue weighted by molar-refractivity contribution is 7.99. The van der Waals surface area contributed by atoms with E-state index in [9.17, 15) is 8.42 Å². The molecular weight excluding hydrogens is 244 g/mol. The average molecular weight is 266 g/mol. The van der Waals surface area contributed by atoms with Crippen molar-refractivity contribution in [1.82, 2.24) is 5.32 Å². The third-order valence-corrected chi connectivity index (χ3v) is 5.03. The number of nitrogens with one attached hydrogen (secondary N) is 1. The van der Waals surface area contributed by atoms with Crippen LogP contribution in [0.4, 0.5) is 0 Å². The lowest BCUT2D eigenvalue weighted by Gasteiger charge is -2.38. The van der Waals surface area contributed by atoms with Crippen LogP contribution in [0.1, 0.15) is 26.7 Å². The topological polar surface area (TPSA) is 72.2 Å². The molecule has 0 bridgehead atoms. The summed E-state index contributed by atoms with van der Waals surface area (Å²) in [7, 11) is -3.30. The van der Waals surface area contributed by atoms with Crippen molar-refractivity contribution in [3.8, 4) is 0 Å². The van der Waals surface area contributed by atoms with Gasteiger partial charge in [-0.2, -0.15) is 11.8 Å². The van der Waals surface area contributed by atoms with Crippen LogP contribution in [0, 0.1) is 5.41 Å². The second-order valence-electron chi connectivity index (χ2n) is 5.04. The largest absolute Gasteiger partial charge is 0.313 e. The Kier molecular flexibility index (Phi) is 5.10. The Labute approximate surface area is 103 Å². The van der Waals surface area contributed by atoms with E-state index < -0.39 is 10.0 Å². The van der Waals surface area contributed by atoms with Gasteiger partial charge in [0.25, 0.3) is 0 Å². The van der Waals surface area contributed by atoms with Crippen molar-refractivity contribution in [3.05, 3.63) is 0 Å². The highest BCUT2D eigenvalue weighted by Crippen LogP contribution is 2.33. The third kappa shape index (κ3) is 5.03. The first-order chi connectivity index (χ1) is 7.31. The highest BCUT2D eigenvalue weighted by atomic mass is 32.2. The maximum Gasteiger partial charge on any atom is 0.209 e. The van der Waals surface area contributed by atoms with Crippen LogP contribution in [0.5, 0.6) is 0 Å². The molecule has 16 heavy (non-hydrogen) atoms. The summed E-state index contributed by atoms with van der Waals surface area (Å²) in [5.74, 6) is 2.41. The maximum absolute atomic E-state index is 10.8. The van der Waals surface area contributed by atoms with E-state index >= 15 is 0 Å². The SMILES string of the molecule is CC1(C)CCSCC1NCCCS(N)(=O)=O. The Morgan fingerprint density at radius 2 is 2.19 bits per heavy atom. The van der Waals surface area contributed by atoms with Gasteiger partial charge in [0.1, 0.15) is 0 Å². The molecule has 1 aliphatic rings. The number of thioether (sulfide) groups is 1. The van der Waals surface area contributed by atoms with Crippen LogP contribution < -0.4 is 10.5 Å². The van der Waals surface area contributed by atoms with Gasteiger partial charge in [0.05, 0.1) is 5.75 Å². The van der Waals surface area contributed by atoms with Crippen molar-refractivity contribution in [3.63, 3.8) is 0 Å². The van der Waals surface area contributed by atoms with Crippen LogP contribution in [0.25, 0.3) is 0 Å². The molecule has 96 valence electrons. The van der Waals surface area contributed by atoms with Gasteiger partial charge in [-0.3, -0.25) is 0 Å². The molecule has 1 heterocycles. The lowest BCUT2D eigenvalue weighted by atomic mass is 9.82. The summed E-state index contributed by atoms with van der Waals surface area (Å²) < 4.78 is 21.5. The Bertz CT molecular complexity index is 315. The van der Waals surface area contributed by atoms with E-state index in [1.165, 1.54) is 12.2 Å². The first-order valence-corrected chi connectivity index (χ1v) is 8.50. The minimum absolute atomic E-state index is 0.0697. The van der Waals surface area contributed by atoms with Crippen LogP contribution in [-0.2, 0) is 10.0 Å². The third-order valence-electron chi connectivity index (χ3n) is 3.11. The molecule has 0 aliphatic carbocycles. The Balaban J connectivity index is 2.26. The molecule has 1 rings (SSSR count). The maximum atomic E-state index is 10.8. The van der Waals surface area contributed by atoms with Crippen molar-refractivity contribution in [2.24, 2.45) is 10.6 Å². The number of hydrogen-bond acceptors (Lipinski definition) is 4. The summed E-state index contributed by atoms with van der Waals surface area (Å²) in [6.07, 6.45) is 1.81. The van der Waals surface area contributed by atoms with Gasteiger partial charge in [-0.15, -0.1) is 0 Å². The normalized spacial score (nSPS) is 25.6. The summed E-state index contributed by atoms with van der Waals surface area (Å²) in [6.45, 7) is 5.26. The number of nitrogens with two attached hydrogens (primary N) is 1.